The van der Waals surface area contributed by atoms with Gasteiger partial charge in [-0.05, 0) is 76.6 Å². The van der Waals surface area contributed by atoms with Gasteiger partial charge in [-0.1, -0.05) is 11.6 Å². The number of benzene rings is 1. The number of hydrogen-bond donors (Lipinski definition) is 1. The average Bonchev–Trinajstić information content (AvgIpc) is 2.73. The van der Waals surface area contributed by atoms with Crippen molar-refractivity contribution in [2.24, 2.45) is 5.92 Å². The van der Waals surface area contributed by atoms with Gasteiger partial charge < -0.3 is 10.2 Å². The Morgan fingerprint density at radius 3 is 2.55 bits per heavy atom. The fourth-order valence-corrected chi connectivity index (χ4v) is 4.47. The molecule has 2 fully saturated rings. The maximum absolute atomic E-state index is 11.9. The molecule has 0 atom stereocenters. The van der Waals surface area contributed by atoms with Crippen LogP contribution in [0.1, 0.15) is 51.5 Å². The smallest absolute Gasteiger partial charge is 0.244 e. The Bertz CT molecular complexity index is 746. The van der Waals surface area contributed by atoms with Crippen molar-refractivity contribution in [1.82, 2.24) is 10.2 Å². The molecule has 1 aromatic rings. The fourth-order valence-electron chi connectivity index (χ4n) is 4.47. The molecule has 0 bridgehead atoms. The molecule has 156 valence electrons. The van der Waals surface area contributed by atoms with Gasteiger partial charge in [-0.25, -0.2) is 0 Å². The van der Waals surface area contributed by atoms with Gasteiger partial charge in [0.15, 0.2) is 0 Å². The van der Waals surface area contributed by atoms with Crippen LogP contribution in [0.2, 0.25) is 0 Å². The minimum absolute atomic E-state index is 0.0617. The number of allylic oxidation sites excluding steroid dienone is 1. The van der Waals surface area contributed by atoms with E-state index in [2.05, 4.69) is 27.3 Å². The van der Waals surface area contributed by atoms with Crippen LogP contribution < -0.4 is 10.2 Å². The van der Waals surface area contributed by atoms with Crippen molar-refractivity contribution < 1.29 is 4.79 Å². The Kier molecular flexibility index (Phi) is 7.71. The molecule has 1 aliphatic carbocycles. The highest BCUT2D eigenvalue weighted by Crippen LogP contribution is 2.27. The van der Waals surface area contributed by atoms with Crippen LogP contribution in [-0.4, -0.2) is 49.6 Å². The number of carbonyl (C=O) groups excluding carboxylic acids is 1. The van der Waals surface area contributed by atoms with E-state index in [1.54, 1.807) is 6.08 Å². The monoisotopic (exact) mass is 394 g/mol. The molecular formula is C24H34N4O. The van der Waals surface area contributed by atoms with Gasteiger partial charge >= 0.3 is 0 Å². The summed E-state index contributed by atoms with van der Waals surface area (Å²) in [5, 5.41) is 12.2. The van der Waals surface area contributed by atoms with E-state index < -0.39 is 0 Å². The van der Waals surface area contributed by atoms with E-state index in [9.17, 15) is 4.79 Å². The quantitative estimate of drug-likeness (QED) is 0.747. The fraction of sp³-hybridized carbons (Fsp3) is 0.583. The molecule has 5 nitrogen and oxygen atoms in total. The van der Waals surface area contributed by atoms with Crippen molar-refractivity contribution >= 4 is 11.6 Å². The highest BCUT2D eigenvalue weighted by atomic mass is 16.1. The van der Waals surface area contributed by atoms with E-state index in [1.165, 1.54) is 25.8 Å². The van der Waals surface area contributed by atoms with E-state index in [1.807, 2.05) is 32.0 Å². The van der Waals surface area contributed by atoms with Crippen LogP contribution >= 0.6 is 0 Å². The zero-order valence-corrected chi connectivity index (χ0v) is 17.9. The largest absolute Gasteiger partial charge is 0.369 e. The Morgan fingerprint density at radius 1 is 1.17 bits per heavy atom. The summed E-state index contributed by atoms with van der Waals surface area (Å²) in [6.45, 7) is 9.32. The summed E-state index contributed by atoms with van der Waals surface area (Å²) in [7, 11) is 0. The van der Waals surface area contributed by atoms with Crippen molar-refractivity contribution in [2.75, 3.05) is 37.6 Å². The molecule has 1 saturated heterocycles. The second-order valence-corrected chi connectivity index (χ2v) is 8.73. The molecule has 1 amide bonds. The third-order valence-electron chi connectivity index (χ3n) is 6.18. The number of anilines is 1. The van der Waals surface area contributed by atoms with Crippen LogP contribution in [0.3, 0.4) is 0 Å². The van der Waals surface area contributed by atoms with E-state index in [0.717, 1.165) is 61.8 Å². The van der Waals surface area contributed by atoms with Crippen LogP contribution in [-0.2, 0) is 4.79 Å². The van der Waals surface area contributed by atoms with Gasteiger partial charge in [-0.3, -0.25) is 9.69 Å². The van der Waals surface area contributed by atoms with Crippen LogP contribution in [0.5, 0.6) is 0 Å². The van der Waals surface area contributed by atoms with Crippen molar-refractivity contribution in [3.05, 3.63) is 41.5 Å². The summed E-state index contributed by atoms with van der Waals surface area (Å²) in [6, 6.07) is 10.5. The van der Waals surface area contributed by atoms with E-state index in [-0.39, 0.29) is 5.91 Å². The minimum atomic E-state index is 0.0617. The van der Waals surface area contributed by atoms with Gasteiger partial charge in [0.1, 0.15) is 0 Å². The molecule has 2 aliphatic rings. The lowest BCUT2D eigenvalue weighted by Gasteiger charge is -2.37. The number of nitrogens with one attached hydrogen (secondary N) is 1. The van der Waals surface area contributed by atoms with Crippen LogP contribution in [0.4, 0.5) is 5.69 Å². The molecule has 3 rings (SSSR count). The minimum Gasteiger partial charge on any atom is -0.369 e. The molecule has 1 aromatic carbocycles. The molecule has 0 spiro atoms. The Hall–Kier alpha value is -2.32. The molecule has 0 radical (unpaired) electrons. The summed E-state index contributed by atoms with van der Waals surface area (Å²) in [5.41, 5.74) is 2.95. The first-order chi connectivity index (χ1) is 14.0. The number of hydrogen-bond acceptors (Lipinski definition) is 4. The summed E-state index contributed by atoms with van der Waals surface area (Å²) in [5.74, 6) is 0.851. The van der Waals surface area contributed by atoms with Crippen molar-refractivity contribution in [3.8, 4) is 6.07 Å². The van der Waals surface area contributed by atoms with Crippen LogP contribution in [0, 0.1) is 17.2 Å². The predicted molar refractivity (Wildman–Crippen MR) is 118 cm³/mol. The zero-order valence-electron chi connectivity index (χ0n) is 17.9. The molecule has 0 aromatic heterocycles. The molecule has 0 unspecified atom stereocenters. The maximum Gasteiger partial charge on any atom is 0.244 e. The Morgan fingerprint density at radius 2 is 1.90 bits per heavy atom. The van der Waals surface area contributed by atoms with Gasteiger partial charge in [0.2, 0.25) is 5.91 Å². The van der Waals surface area contributed by atoms with E-state index >= 15 is 0 Å². The lowest BCUT2D eigenvalue weighted by atomic mass is 9.84. The first kappa shape index (κ1) is 21.4. The topological polar surface area (TPSA) is 59.4 Å². The van der Waals surface area contributed by atoms with Gasteiger partial charge in [-0.2, -0.15) is 5.26 Å². The van der Waals surface area contributed by atoms with Gasteiger partial charge in [-0.15, -0.1) is 0 Å². The summed E-state index contributed by atoms with van der Waals surface area (Å²) in [4.78, 5) is 16.8. The van der Waals surface area contributed by atoms with Crippen molar-refractivity contribution in [3.63, 3.8) is 0 Å². The van der Waals surface area contributed by atoms with Crippen molar-refractivity contribution in [2.45, 2.75) is 52.0 Å². The van der Waals surface area contributed by atoms with Gasteiger partial charge in [0.05, 0.1) is 11.6 Å². The number of piperazine rings is 1. The maximum atomic E-state index is 11.9. The van der Waals surface area contributed by atoms with Gasteiger partial charge in [0.25, 0.3) is 0 Å². The number of carbonyl (C=O) groups is 1. The average molecular weight is 395 g/mol. The summed E-state index contributed by atoms with van der Waals surface area (Å²) in [6.07, 6.45) is 7.62. The number of rotatable bonds is 6. The molecule has 5 heteroatoms. The molecule has 1 aliphatic heterocycles. The number of amides is 1. The highest BCUT2D eigenvalue weighted by Gasteiger charge is 2.23. The standard InChI is InChI=1S/C24H34N4O/c1-19(2)16-24(29)26-22-8-6-20(7-9-22)10-11-27-12-14-28(15-13-27)23-5-3-4-21(17-23)18-25/h3-5,16-17,20,22H,6-15H2,1-2H3,(H,26,29). The number of nitrogens with zero attached hydrogens (tertiary/aromatic N) is 3. The van der Waals surface area contributed by atoms with E-state index in [4.69, 9.17) is 5.26 Å². The zero-order chi connectivity index (χ0) is 20.6. The Labute approximate surface area is 175 Å². The summed E-state index contributed by atoms with van der Waals surface area (Å²) >= 11 is 0. The molecule has 29 heavy (non-hydrogen) atoms. The third kappa shape index (κ3) is 6.61. The predicted octanol–water partition coefficient (Wildman–Crippen LogP) is 3.71. The van der Waals surface area contributed by atoms with Crippen LogP contribution in [0.15, 0.2) is 35.9 Å². The second-order valence-electron chi connectivity index (χ2n) is 8.73. The second kappa shape index (κ2) is 10.5. The lowest BCUT2D eigenvalue weighted by molar-refractivity contribution is -0.117. The number of nitriles is 1. The summed E-state index contributed by atoms with van der Waals surface area (Å²) < 4.78 is 0. The lowest BCUT2D eigenvalue weighted by Crippen LogP contribution is -2.47. The molecule has 1 heterocycles. The molecular weight excluding hydrogens is 360 g/mol. The van der Waals surface area contributed by atoms with Crippen LogP contribution in [0.25, 0.3) is 0 Å². The molecule has 1 saturated carbocycles. The first-order valence-electron chi connectivity index (χ1n) is 11.0. The first-order valence-corrected chi connectivity index (χ1v) is 11.0. The van der Waals surface area contributed by atoms with E-state index in [0.29, 0.717) is 6.04 Å². The van der Waals surface area contributed by atoms with Gasteiger partial charge in [0, 0.05) is 44.0 Å². The normalized spacial score (nSPS) is 22.6. The SMILES string of the molecule is CC(C)=CC(=O)NC1CCC(CCN2CCN(c3cccc(C#N)c3)CC2)CC1. The molecule has 1 N–H and O–H groups in total. The third-order valence-corrected chi connectivity index (χ3v) is 6.18. The van der Waals surface area contributed by atoms with Crippen molar-refractivity contribution in [1.29, 1.82) is 5.26 Å². The Balaban J connectivity index is 1.34. The highest BCUT2D eigenvalue weighted by molar-refractivity contribution is 5.88.